The normalized spacial score (nSPS) is 18.3. The summed E-state index contributed by atoms with van der Waals surface area (Å²) in [7, 11) is 0. The van der Waals surface area contributed by atoms with E-state index in [1.54, 1.807) is 6.07 Å². The number of carbonyl (C=O) groups excluding carboxylic acids is 2. The summed E-state index contributed by atoms with van der Waals surface area (Å²) in [5.74, 6) is -1.40. The molecule has 6 heteroatoms. The van der Waals surface area contributed by atoms with E-state index in [0.29, 0.717) is 5.69 Å². The van der Waals surface area contributed by atoms with Crippen molar-refractivity contribution in [2.75, 3.05) is 16.8 Å². The number of hydrogen-bond acceptors (Lipinski definition) is 2. The number of hydrogen-bond donors (Lipinski definition) is 1. The molecule has 4 nitrogen and oxygen atoms in total. The first-order valence-corrected chi connectivity index (χ1v) is 8.58. The number of aryl methyl sites for hydroxylation is 1. The topological polar surface area (TPSA) is 49.4 Å². The number of anilines is 2. The van der Waals surface area contributed by atoms with Crippen LogP contribution in [0, 0.1) is 5.82 Å². The van der Waals surface area contributed by atoms with Crippen LogP contribution in [-0.2, 0) is 11.2 Å². The van der Waals surface area contributed by atoms with Crippen molar-refractivity contribution in [1.29, 1.82) is 0 Å². The molecule has 2 aromatic carbocycles. The number of carbonyl (C=O) groups is 2. The summed E-state index contributed by atoms with van der Waals surface area (Å²) >= 11 is 5.96. The summed E-state index contributed by atoms with van der Waals surface area (Å²) in [6, 6.07) is 7.80. The van der Waals surface area contributed by atoms with Crippen molar-refractivity contribution < 1.29 is 14.0 Å². The molecule has 2 heterocycles. The molecule has 0 aromatic heterocycles. The van der Waals surface area contributed by atoms with E-state index in [-0.39, 0.29) is 22.4 Å². The fourth-order valence-electron chi connectivity index (χ4n) is 3.68. The lowest BCUT2D eigenvalue weighted by molar-refractivity contribution is -0.119. The van der Waals surface area contributed by atoms with Gasteiger partial charge in [-0.2, -0.15) is 0 Å². The highest BCUT2D eigenvalue weighted by Crippen LogP contribution is 2.44. The molecule has 0 bridgehead atoms. The first kappa shape index (κ1) is 16.1. The van der Waals surface area contributed by atoms with Crippen LogP contribution in [-0.4, -0.2) is 18.4 Å². The van der Waals surface area contributed by atoms with Crippen LogP contribution < -0.4 is 10.2 Å². The highest BCUT2D eigenvalue weighted by molar-refractivity contribution is 6.34. The maximum atomic E-state index is 13.9. The van der Waals surface area contributed by atoms with Gasteiger partial charge in [0.1, 0.15) is 5.82 Å². The summed E-state index contributed by atoms with van der Waals surface area (Å²) < 4.78 is 13.9. The molecule has 0 saturated heterocycles. The zero-order valence-electron chi connectivity index (χ0n) is 13.6. The minimum Gasteiger partial charge on any atom is -0.322 e. The third kappa shape index (κ3) is 2.50. The number of rotatable bonds is 2. The van der Waals surface area contributed by atoms with Gasteiger partial charge >= 0.3 is 0 Å². The Morgan fingerprint density at radius 3 is 2.92 bits per heavy atom. The Labute approximate surface area is 149 Å². The van der Waals surface area contributed by atoms with Crippen LogP contribution in [0.15, 0.2) is 30.3 Å². The Hall–Kier alpha value is -2.40. The lowest BCUT2D eigenvalue weighted by Crippen LogP contribution is -2.32. The molecule has 0 unspecified atom stereocenters. The third-order valence-corrected chi connectivity index (χ3v) is 5.18. The second kappa shape index (κ2) is 5.85. The first-order valence-electron chi connectivity index (χ1n) is 8.21. The molecule has 0 aliphatic carbocycles. The van der Waals surface area contributed by atoms with E-state index in [9.17, 15) is 14.0 Å². The van der Waals surface area contributed by atoms with E-state index >= 15 is 0 Å². The minimum atomic E-state index is -0.665. The predicted octanol–water partition coefficient (Wildman–Crippen LogP) is 4.13. The van der Waals surface area contributed by atoms with E-state index in [0.717, 1.165) is 36.2 Å². The van der Waals surface area contributed by atoms with Gasteiger partial charge in [-0.3, -0.25) is 9.59 Å². The molecule has 4 rings (SSSR count). The number of amides is 2. The maximum Gasteiger partial charge on any atom is 0.260 e. The van der Waals surface area contributed by atoms with E-state index in [1.165, 1.54) is 18.2 Å². The van der Waals surface area contributed by atoms with Gasteiger partial charge in [-0.05, 0) is 55.2 Å². The molecule has 0 spiro atoms. The van der Waals surface area contributed by atoms with Crippen molar-refractivity contribution >= 4 is 34.8 Å². The molecule has 2 aromatic rings. The van der Waals surface area contributed by atoms with Crippen LogP contribution in [0.5, 0.6) is 0 Å². The van der Waals surface area contributed by atoms with Crippen LogP contribution in [0.1, 0.15) is 40.7 Å². The SMILES string of the molecule is C[C@@H]1C(=O)N2CCCc3cc(NC(=O)c4c(F)cccc4Cl)cc1c32. The van der Waals surface area contributed by atoms with Gasteiger partial charge in [0.15, 0.2) is 0 Å². The van der Waals surface area contributed by atoms with Gasteiger partial charge in [0.25, 0.3) is 5.91 Å². The quantitative estimate of drug-likeness (QED) is 0.877. The largest absolute Gasteiger partial charge is 0.322 e. The molecule has 2 aliphatic heterocycles. The lowest BCUT2D eigenvalue weighted by atomic mass is 9.96. The summed E-state index contributed by atoms with van der Waals surface area (Å²) in [6.07, 6.45) is 1.74. The monoisotopic (exact) mass is 358 g/mol. The van der Waals surface area contributed by atoms with E-state index in [1.807, 2.05) is 17.9 Å². The van der Waals surface area contributed by atoms with E-state index in [4.69, 9.17) is 11.6 Å². The van der Waals surface area contributed by atoms with Gasteiger partial charge in [0.05, 0.1) is 22.2 Å². The Morgan fingerprint density at radius 1 is 1.36 bits per heavy atom. The minimum absolute atomic E-state index is 0.0646. The summed E-state index contributed by atoms with van der Waals surface area (Å²) in [5, 5.41) is 2.79. The molecule has 2 aliphatic rings. The lowest BCUT2D eigenvalue weighted by Gasteiger charge is -2.26. The molecule has 0 saturated carbocycles. The van der Waals surface area contributed by atoms with Crippen LogP contribution in [0.25, 0.3) is 0 Å². The van der Waals surface area contributed by atoms with Crippen molar-refractivity contribution in [2.45, 2.75) is 25.7 Å². The van der Waals surface area contributed by atoms with Crippen molar-refractivity contribution in [2.24, 2.45) is 0 Å². The molecule has 1 atom stereocenters. The molecule has 2 amide bonds. The van der Waals surface area contributed by atoms with Crippen molar-refractivity contribution in [3.05, 3.63) is 57.9 Å². The van der Waals surface area contributed by atoms with Gasteiger partial charge in [-0.15, -0.1) is 0 Å². The zero-order chi connectivity index (χ0) is 17.7. The third-order valence-electron chi connectivity index (χ3n) is 4.87. The highest BCUT2D eigenvalue weighted by atomic mass is 35.5. The smallest absolute Gasteiger partial charge is 0.260 e. The second-order valence-electron chi connectivity index (χ2n) is 6.44. The average molecular weight is 359 g/mol. The van der Waals surface area contributed by atoms with Crippen LogP contribution >= 0.6 is 11.6 Å². The number of halogens is 2. The van der Waals surface area contributed by atoms with Crippen molar-refractivity contribution in [1.82, 2.24) is 0 Å². The van der Waals surface area contributed by atoms with Crippen LogP contribution in [0.2, 0.25) is 5.02 Å². The fourth-order valence-corrected chi connectivity index (χ4v) is 3.92. The van der Waals surface area contributed by atoms with Crippen molar-refractivity contribution in [3.63, 3.8) is 0 Å². The number of benzene rings is 2. The zero-order valence-corrected chi connectivity index (χ0v) is 14.4. The van der Waals surface area contributed by atoms with Gasteiger partial charge in [-0.25, -0.2) is 4.39 Å². The Bertz CT molecular complexity index is 892. The Balaban J connectivity index is 1.72. The van der Waals surface area contributed by atoms with Gasteiger partial charge in [0.2, 0.25) is 5.91 Å². The van der Waals surface area contributed by atoms with Crippen molar-refractivity contribution in [3.8, 4) is 0 Å². The number of nitrogens with zero attached hydrogens (tertiary/aromatic N) is 1. The summed E-state index contributed by atoms with van der Waals surface area (Å²) in [4.78, 5) is 26.7. The standard InChI is InChI=1S/C19H16ClFN2O2/c1-10-13-9-12(8-11-4-3-7-23(17(11)13)19(10)25)22-18(24)16-14(20)5-2-6-15(16)21/h2,5-6,8-10H,3-4,7H2,1H3,(H,22,24)/t10-/m0/s1. The molecule has 0 fully saturated rings. The van der Waals surface area contributed by atoms with E-state index in [2.05, 4.69) is 5.32 Å². The molecule has 1 N–H and O–H groups in total. The maximum absolute atomic E-state index is 13.9. The average Bonchev–Trinajstić information content (AvgIpc) is 2.81. The molecule has 128 valence electrons. The van der Waals surface area contributed by atoms with E-state index < -0.39 is 11.7 Å². The molecule has 0 radical (unpaired) electrons. The molecule has 25 heavy (non-hydrogen) atoms. The predicted molar refractivity (Wildman–Crippen MR) is 94.9 cm³/mol. The number of nitrogens with one attached hydrogen (secondary N) is 1. The fraction of sp³-hybridized carbons (Fsp3) is 0.263. The molecular weight excluding hydrogens is 343 g/mol. The molecular formula is C19H16ClFN2O2. The first-order chi connectivity index (χ1) is 12.0. The second-order valence-corrected chi connectivity index (χ2v) is 6.85. The van der Waals surface area contributed by atoms with Gasteiger partial charge < -0.3 is 10.2 Å². The highest BCUT2D eigenvalue weighted by Gasteiger charge is 2.38. The van der Waals surface area contributed by atoms with Crippen LogP contribution in [0.4, 0.5) is 15.8 Å². The summed E-state index contributed by atoms with van der Waals surface area (Å²) in [6.45, 7) is 2.61. The van der Waals surface area contributed by atoms with Gasteiger partial charge in [-0.1, -0.05) is 17.7 Å². The Kier molecular flexibility index (Phi) is 3.76. The Morgan fingerprint density at radius 2 is 2.16 bits per heavy atom. The summed E-state index contributed by atoms with van der Waals surface area (Å²) in [5.41, 5.74) is 3.31. The van der Waals surface area contributed by atoms with Gasteiger partial charge in [0, 0.05) is 12.2 Å². The van der Waals surface area contributed by atoms with Crippen LogP contribution in [0.3, 0.4) is 0 Å².